The summed E-state index contributed by atoms with van der Waals surface area (Å²) >= 11 is 0. The van der Waals surface area contributed by atoms with E-state index in [0.717, 1.165) is 0 Å². The maximum absolute atomic E-state index is 5.34. The number of hydrogen-bond donors (Lipinski definition) is 1. The smallest absolute Gasteiger partial charge is 0.306 e. The van der Waals surface area contributed by atoms with Crippen LogP contribution in [0.4, 0.5) is 0 Å². The van der Waals surface area contributed by atoms with Gasteiger partial charge in [0.2, 0.25) is 0 Å². The van der Waals surface area contributed by atoms with Crippen molar-refractivity contribution in [1.29, 1.82) is 0 Å². The van der Waals surface area contributed by atoms with Gasteiger partial charge in [0.05, 0.1) is 0 Å². The first-order chi connectivity index (χ1) is 6.24. The average Bonchev–Trinajstić information content (AvgIpc) is 2.06. The van der Waals surface area contributed by atoms with Crippen LogP contribution in [0.25, 0.3) is 0 Å². The van der Waals surface area contributed by atoms with E-state index in [1.807, 2.05) is 20.8 Å². The van der Waals surface area contributed by atoms with Crippen molar-refractivity contribution < 1.29 is 14.2 Å². The van der Waals surface area contributed by atoms with Gasteiger partial charge in [-0.15, -0.1) is 0 Å². The normalized spacial score (nSPS) is 12.5. The predicted molar refractivity (Wildman–Crippen MR) is 50.9 cm³/mol. The first-order valence-electron chi connectivity index (χ1n) is 4.56. The molecule has 0 saturated heterocycles. The van der Waals surface area contributed by atoms with Crippen LogP contribution in [0, 0.1) is 0 Å². The van der Waals surface area contributed by atoms with Gasteiger partial charge < -0.3 is 19.9 Å². The Morgan fingerprint density at radius 3 is 1.62 bits per heavy atom. The fourth-order valence-corrected chi connectivity index (χ4v) is 0.991. The summed E-state index contributed by atoms with van der Waals surface area (Å²) in [6, 6.07) is 0. The summed E-state index contributed by atoms with van der Waals surface area (Å²) in [5.41, 5.74) is 5.28. The first kappa shape index (κ1) is 12.4. The van der Waals surface area contributed by atoms with Gasteiger partial charge in [0, 0.05) is 25.9 Å². The van der Waals surface area contributed by atoms with Crippen molar-refractivity contribution in [3.05, 3.63) is 12.3 Å². The number of hydrogen-bond acceptors (Lipinski definition) is 4. The lowest BCUT2D eigenvalue weighted by Crippen LogP contribution is -2.37. The molecule has 0 atom stereocenters. The van der Waals surface area contributed by atoms with Crippen LogP contribution in [0.1, 0.15) is 20.8 Å². The molecule has 0 unspecified atom stereocenters. The van der Waals surface area contributed by atoms with Crippen LogP contribution >= 0.6 is 0 Å². The molecular formula is C9H19NO3. The molecule has 0 saturated carbocycles. The van der Waals surface area contributed by atoms with Crippen molar-refractivity contribution in [2.24, 2.45) is 5.73 Å². The molecule has 0 aliphatic heterocycles. The van der Waals surface area contributed by atoms with E-state index in [1.165, 1.54) is 6.20 Å². The third-order valence-corrected chi connectivity index (χ3v) is 1.34. The van der Waals surface area contributed by atoms with Crippen LogP contribution < -0.4 is 5.73 Å². The van der Waals surface area contributed by atoms with Crippen molar-refractivity contribution in [2.75, 3.05) is 19.8 Å². The van der Waals surface area contributed by atoms with E-state index < -0.39 is 5.97 Å². The van der Waals surface area contributed by atoms with E-state index >= 15 is 0 Å². The zero-order valence-corrected chi connectivity index (χ0v) is 8.58. The molecule has 0 aliphatic rings. The lowest BCUT2D eigenvalue weighted by Gasteiger charge is -2.28. The van der Waals surface area contributed by atoms with Gasteiger partial charge in [-0.1, -0.05) is 0 Å². The van der Waals surface area contributed by atoms with Crippen molar-refractivity contribution in [2.45, 2.75) is 26.7 Å². The van der Waals surface area contributed by atoms with E-state index in [1.54, 1.807) is 6.08 Å². The second kappa shape index (κ2) is 6.88. The van der Waals surface area contributed by atoms with Crippen molar-refractivity contribution in [1.82, 2.24) is 0 Å². The molecule has 0 fully saturated rings. The maximum Gasteiger partial charge on any atom is 0.306 e. The second-order valence-electron chi connectivity index (χ2n) is 2.26. The number of nitrogens with two attached hydrogens (primary N) is 1. The lowest BCUT2D eigenvalue weighted by molar-refractivity contribution is -0.345. The van der Waals surface area contributed by atoms with E-state index in [0.29, 0.717) is 19.8 Å². The summed E-state index contributed by atoms with van der Waals surface area (Å²) in [6.07, 6.45) is 2.92. The molecule has 78 valence electrons. The van der Waals surface area contributed by atoms with Gasteiger partial charge in [-0.25, -0.2) is 0 Å². The minimum Gasteiger partial charge on any atom is -0.405 e. The maximum atomic E-state index is 5.34. The molecule has 0 aliphatic carbocycles. The number of rotatable bonds is 7. The van der Waals surface area contributed by atoms with Gasteiger partial charge in [-0.05, 0) is 27.0 Å². The van der Waals surface area contributed by atoms with Crippen LogP contribution in [0.2, 0.25) is 0 Å². The minimum atomic E-state index is -1.10. The molecule has 0 spiro atoms. The Labute approximate surface area is 79.6 Å². The van der Waals surface area contributed by atoms with Gasteiger partial charge in [-0.2, -0.15) is 0 Å². The molecular weight excluding hydrogens is 170 g/mol. The summed E-state index contributed by atoms with van der Waals surface area (Å²) in [6.45, 7) is 7.13. The summed E-state index contributed by atoms with van der Waals surface area (Å²) in [7, 11) is 0. The monoisotopic (exact) mass is 189 g/mol. The largest absolute Gasteiger partial charge is 0.405 e. The highest BCUT2D eigenvalue weighted by Gasteiger charge is 2.28. The molecule has 4 heteroatoms. The quantitative estimate of drug-likeness (QED) is 0.612. The Morgan fingerprint density at radius 1 is 1.00 bits per heavy atom. The third-order valence-electron chi connectivity index (χ3n) is 1.34. The molecule has 0 rings (SSSR count). The Kier molecular flexibility index (Phi) is 6.58. The van der Waals surface area contributed by atoms with Gasteiger partial charge in [-0.3, -0.25) is 0 Å². The Morgan fingerprint density at radius 2 is 1.38 bits per heavy atom. The van der Waals surface area contributed by atoms with Gasteiger partial charge >= 0.3 is 5.97 Å². The van der Waals surface area contributed by atoms with Gasteiger partial charge in [0.1, 0.15) is 0 Å². The van der Waals surface area contributed by atoms with Crippen molar-refractivity contribution in [3.8, 4) is 0 Å². The molecule has 0 heterocycles. The van der Waals surface area contributed by atoms with E-state index in [4.69, 9.17) is 19.9 Å². The Balaban J connectivity index is 4.37. The summed E-state index contributed by atoms with van der Waals surface area (Å²) in [5, 5.41) is 0. The third kappa shape index (κ3) is 4.26. The SMILES string of the molecule is CCOC(C=CN)(OCC)OCC. The standard InChI is InChI=1S/C9H19NO3/c1-4-11-9(7-8-10,12-5-2)13-6-3/h7-8H,4-6,10H2,1-3H3. The molecule has 0 aromatic carbocycles. The van der Waals surface area contributed by atoms with E-state index in [-0.39, 0.29) is 0 Å². The fourth-order valence-electron chi connectivity index (χ4n) is 0.991. The van der Waals surface area contributed by atoms with Crippen LogP contribution in [0.5, 0.6) is 0 Å². The lowest BCUT2D eigenvalue weighted by atomic mass is 10.5. The topological polar surface area (TPSA) is 53.7 Å². The van der Waals surface area contributed by atoms with Crippen LogP contribution in [0.15, 0.2) is 12.3 Å². The predicted octanol–water partition coefficient (Wildman–Crippen LogP) is 1.22. The summed E-state index contributed by atoms with van der Waals surface area (Å²) in [4.78, 5) is 0. The second-order valence-corrected chi connectivity index (χ2v) is 2.26. The highest BCUT2D eigenvalue weighted by Crippen LogP contribution is 2.16. The van der Waals surface area contributed by atoms with Crippen LogP contribution in [0.3, 0.4) is 0 Å². The Bertz CT molecular complexity index is 131. The molecule has 13 heavy (non-hydrogen) atoms. The van der Waals surface area contributed by atoms with E-state index in [9.17, 15) is 0 Å². The highest BCUT2D eigenvalue weighted by atomic mass is 16.9. The molecule has 0 aromatic rings. The van der Waals surface area contributed by atoms with Crippen LogP contribution in [-0.2, 0) is 14.2 Å². The molecule has 2 N–H and O–H groups in total. The van der Waals surface area contributed by atoms with E-state index in [2.05, 4.69) is 0 Å². The highest BCUT2D eigenvalue weighted by molar-refractivity contribution is 4.87. The minimum absolute atomic E-state index is 0.504. The average molecular weight is 189 g/mol. The summed E-state index contributed by atoms with van der Waals surface area (Å²) < 4.78 is 16.0. The van der Waals surface area contributed by atoms with Gasteiger partial charge in [0.15, 0.2) is 0 Å². The fraction of sp³-hybridized carbons (Fsp3) is 0.778. The molecule has 0 amide bonds. The van der Waals surface area contributed by atoms with Crippen LogP contribution in [-0.4, -0.2) is 25.8 Å². The van der Waals surface area contributed by atoms with Gasteiger partial charge in [0.25, 0.3) is 0 Å². The summed E-state index contributed by atoms with van der Waals surface area (Å²) in [5.74, 6) is -1.10. The van der Waals surface area contributed by atoms with Crippen molar-refractivity contribution in [3.63, 3.8) is 0 Å². The Hall–Kier alpha value is -0.580. The number of ether oxygens (including phenoxy) is 3. The zero-order valence-electron chi connectivity index (χ0n) is 8.58. The molecule has 0 aromatic heterocycles. The zero-order chi connectivity index (χ0) is 10.2. The molecule has 4 nitrogen and oxygen atoms in total. The first-order valence-corrected chi connectivity index (χ1v) is 4.56. The van der Waals surface area contributed by atoms with Crippen molar-refractivity contribution >= 4 is 0 Å². The molecule has 0 bridgehead atoms. The molecule has 0 radical (unpaired) electrons.